The van der Waals surface area contributed by atoms with Crippen LogP contribution in [-0.4, -0.2) is 34.8 Å². The minimum absolute atomic E-state index is 0.0510. The molecule has 1 heterocycles. The number of carbonyl (C=O) groups is 3. The molecule has 192 valence electrons. The molecule has 1 aliphatic carbocycles. The Balaban J connectivity index is 1.58. The quantitative estimate of drug-likeness (QED) is 0.512. The van der Waals surface area contributed by atoms with Crippen LogP contribution in [0.1, 0.15) is 68.2 Å². The third-order valence-electron chi connectivity index (χ3n) is 7.15. The van der Waals surface area contributed by atoms with E-state index in [4.69, 9.17) is 0 Å². The second-order valence-electron chi connectivity index (χ2n) is 9.55. The zero-order chi connectivity index (χ0) is 26.1. The van der Waals surface area contributed by atoms with Gasteiger partial charge in [-0.25, -0.2) is 4.79 Å². The molecule has 1 atom stereocenters. The van der Waals surface area contributed by atoms with Crippen LogP contribution in [0.25, 0.3) is 0 Å². The van der Waals surface area contributed by atoms with E-state index in [1.807, 2.05) is 19.1 Å². The topological polar surface area (TPSA) is 69.7 Å². The first-order valence-corrected chi connectivity index (χ1v) is 12.3. The third-order valence-corrected chi connectivity index (χ3v) is 7.15. The van der Waals surface area contributed by atoms with Crippen molar-refractivity contribution >= 4 is 23.5 Å². The lowest BCUT2D eigenvalue weighted by Gasteiger charge is -2.38. The molecule has 1 saturated carbocycles. The minimum Gasteiger partial charge on any atom is -0.348 e. The second kappa shape index (κ2) is 9.95. The van der Waals surface area contributed by atoms with E-state index in [1.54, 1.807) is 19.1 Å². The molecule has 2 aromatic rings. The van der Waals surface area contributed by atoms with Gasteiger partial charge in [-0.05, 0) is 49.9 Å². The molecular formula is C27H30F3N3O3. The van der Waals surface area contributed by atoms with Crippen LogP contribution in [0.5, 0.6) is 0 Å². The van der Waals surface area contributed by atoms with Crippen LogP contribution in [0.2, 0.25) is 0 Å². The number of alkyl halides is 3. The standard InChI is InChI=1S/C27H30F3N3O3/c1-3-22(20-9-5-6-10-21(20)27(28,29)30)31-23(34)17-32-24(35)26(15-7-4-8-16-26)33(25(32)36)19-13-11-18(2)12-14-19/h5-6,9-14,22H,3-4,7-8,15-17H2,1-2H3,(H,31,34). The summed E-state index contributed by atoms with van der Waals surface area (Å²) in [6.07, 6.45) is -0.832. The zero-order valence-corrected chi connectivity index (χ0v) is 20.4. The Morgan fingerprint density at radius 1 is 1.03 bits per heavy atom. The molecular weight excluding hydrogens is 471 g/mol. The van der Waals surface area contributed by atoms with Gasteiger partial charge in [0.2, 0.25) is 5.91 Å². The number of amides is 4. The lowest BCUT2D eigenvalue weighted by Crippen LogP contribution is -2.51. The summed E-state index contributed by atoms with van der Waals surface area (Å²) in [6.45, 7) is 3.04. The van der Waals surface area contributed by atoms with Gasteiger partial charge in [-0.3, -0.25) is 19.4 Å². The third kappa shape index (κ3) is 4.70. The second-order valence-corrected chi connectivity index (χ2v) is 9.55. The van der Waals surface area contributed by atoms with Gasteiger partial charge in [0.1, 0.15) is 12.1 Å². The summed E-state index contributed by atoms with van der Waals surface area (Å²) < 4.78 is 40.6. The lowest BCUT2D eigenvalue weighted by molar-refractivity contribution is -0.139. The SMILES string of the molecule is CCC(NC(=O)CN1C(=O)N(c2ccc(C)cc2)C2(CCCCC2)C1=O)c1ccccc1C(F)(F)F. The van der Waals surface area contributed by atoms with Crippen molar-refractivity contribution < 1.29 is 27.6 Å². The van der Waals surface area contributed by atoms with Crippen LogP contribution in [0.3, 0.4) is 0 Å². The highest BCUT2D eigenvalue weighted by molar-refractivity contribution is 6.18. The molecule has 0 bridgehead atoms. The van der Waals surface area contributed by atoms with Crippen molar-refractivity contribution in [2.24, 2.45) is 0 Å². The molecule has 1 aliphatic heterocycles. The van der Waals surface area contributed by atoms with Gasteiger partial charge in [0.25, 0.3) is 5.91 Å². The van der Waals surface area contributed by atoms with Crippen molar-refractivity contribution in [2.75, 3.05) is 11.4 Å². The van der Waals surface area contributed by atoms with E-state index in [9.17, 15) is 27.6 Å². The Kier molecular flexibility index (Phi) is 7.11. The molecule has 9 heteroatoms. The van der Waals surface area contributed by atoms with E-state index in [1.165, 1.54) is 23.1 Å². The Labute approximate surface area is 208 Å². The number of aryl methyl sites for hydroxylation is 1. The molecule has 2 aliphatic rings. The van der Waals surface area contributed by atoms with Gasteiger partial charge in [-0.2, -0.15) is 13.2 Å². The monoisotopic (exact) mass is 501 g/mol. The molecule has 0 radical (unpaired) electrons. The zero-order valence-electron chi connectivity index (χ0n) is 20.4. The number of urea groups is 1. The van der Waals surface area contributed by atoms with Gasteiger partial charge in [0.15, 0.2) is 0 Å². The highest BCUT2D eigenvalue weighted by Gasteiger charge is 2.58. The van der Waals surface area contributed by atoms with Crippen LogP contribution in [-0.2, 0) is 15.8 Å². The molecule has 1 unspecified atom stereocenters. The first kappa shape index (κ1) is 25.7. The van der Waals surface area contributed by atoms with Crippen molar-refractivity contribution in [2.45, 2.75) is 70.1 Å². The molecule has 6 nitrogen and oxygen atoms in total. The summed E-state index contributed by atoms with van der Waals surface area (Å²) in [5.74, 6) is -1.11. The number of rotatable bonds is 6. The van der Waals surface area contributed by atoms with Crippen molar-refractivity contribution in [3.8, 4) is 0 Å². The van der Waals surface area contributed by atoms with Gasteiger partial charge in [-0.15, -0.1) is 0 Å². The molecule has 1 spiro atoms. The maximum absolute atomic E-state index is 13.6. The molecule has 0 aromatic heterocycles. The highest BCUT2D eigenvalue weighted by atomic mass is 19.4. The molecule has 36 heavy (non-hydrogen) atoms. The fourth-order valence-corrected chi connectivity index (χ4v) is 5.34. The van der Waals surface area contributed by atoms with E-state index < -0.39 is 47.7 Å². The number of nitrogens with zero attached hydrogens (tertiary/aromatic N) is 2. The van der Waals surface area contributed by atoms with E-state index in [2.05, 4.69) is 5.32 Å². The highest BCUT2D eigenvalue weighted by Crippen LogP contribution is 2.43. The van der Waals surface area contributed by atoms with Gasteiger partial charge < -0.3 is 5.32 Å². The van der Waals surface area contributed by atoms with Crippen molar-refractivity contribution in [1.82, 2.24) is 10.2 Å². The van der Waals surface area contributed by atoms with E-state index >= 15 is 0 Å². The minimum atomic E-state index is -4.57. The largest absolute Gasteiger partial charge is 0.416 e. The smallest absolute Gasteiger partial charge is 0.348 e. The average molecular weight is 502 g/mol. The maximum atomic E-state index is 13.6. The van der Waals surface area contributed by atoms with Crippen LogP contribution in [0.4, 0.5) is 23.7 Å². The lowest BCUT2D eigenvalue weighted by atomic mass is 9.80. The van der Waals surface area contributed by atoms with E-state index in [0.717, 1.165) is 35.8 Å². The summed E-state index contributed by atoms with van der Waals surface area (Å²) in [5.41, 5.74) is -0.315. The number of hydrogen-bond acceptors (Lipinski definition) is 3. The number of halogens is 3. The normalized spacial score (nSPS) is 18.6. The van der Waals surface area contributed by atoms with Crippen molar-refractivity contribution in [1.29, 1.82) is 0 Å². The molecule has 2 fully saturated rings. The summed E-state index contributed by atoms with van der Waals surface area (Å²) >= 11 is 0. The van der Waals surface area contributed by atoms with Gasteiger partial charge in [0.05, 0.1) is 11.6 Å². The Hall–Kier alpha value is -3.36. The van der Waals surface area contributed by atoms with Crippen LogP contribution in [0, 0.1) is 6.92 Å². The Morgan fingerprint density at radius 2 is 1.67 bits per heavy atom. The summed E-state index contributed by atoms with van der Waals surface area (Å²) in [6, 6.07) is 10.9. The van der Waals surface area contributed by atoms with Crippen molar-refractivity contribution in [3.05, 3.63) is 65.2 Å². The first-order chi connectivity index (χ1) is 17.1. The van der Waals surface area contributed by atoms with Crippen LogP contribution in [0.15, 0.2) is 48.5 Å². The number of nitrogens with one attached hydrogen (secondary N) is 1. The molecule has 4 amide bonds. The van der Waals surface area contributed by atoms with Crippen LogP contribution < -0.4 is 10.2 Å². The maximum Gasteiger partial charge on any atom is 0.416 e. The van der Waals surface area contributed by atoms with Gasteiger partial charge in [-0.1, -0.05) is 62.1 Å². The molecule has 4 rings (SSSR count). The van der Waals surface area contributed by atoms with Gasteiger partial charge >= 0.3 is 12.2 Å². The summed E-state index contributed by atoms with van der Waals surface area (Å²) in [4.78, 5) is 42.6. The van der Waals surface area contributed by atoms with Crippen molar-refractivity contribution in [3.63, 3.8) is 0 Å². The number of anilines is 1. The molecule has 1 N–H and O–H groups in total. The molecule has 1 saturated heterocycles. The number of imide groups is 1. The number of benzene rings is 2. The summed E-state index contributed by atoms with van der Waals surface area (Å²) in [7, 11) is 0. The molecule has 2 aromatic carbocycles. The summed E-state index contributed by atoms with van der Waals surface area (Å²) in [5, 5.41) is 2.61. The number of hydrogen-bond donors (Lipinski definition) is 1. The Morgan fingerprint density at radius 3 is 2.28 bits per heavy atom. The fraction of sp³-hybridized carbons (Fsp3) is 0.444. The van der Waals surface area contributed by atoms with Crippen LogP contribution >= 0.6 is 0 Å². The van der Waals surface area contributed by atoms with E-state index in [0.29, 0.717) is 18.5 Å². The predicted octanol–water partition coefficient (Wildman–Crippen LogP) is 5.75. The van der Waals surface area contributed by atoms with Gasteiger partial charge in [0, 0.05) is 5.69 Å². The fourth-order valence-electron chi connectivity index (χ4n) is 5.34. The number of carbonyl (C=O) groups excluding carboxylic acids is 3. The Bertz CT molecular complexity index is 1140. The first-order valence-electron chi connectivity index (χ1n) is 12.3. The predicted molar refractivity (Wildman–Crippen MR) is 129 cm³/mol. The average Bonchev–Trinajstić information content (AvgIpc) is 3.04. The van der Waals surface area contributed by atoms with E-state index in [-0.39, 0.29) is 12.0 Å².